The Morgan fingerprint density at radius 2 is 1.81 bits per heavy atom. The number of hydrogen-bond acceptors (Lipinski definition) is 2. The van der Waals surface area contributed by atoms with Gasteiger partial charge in [-0.05, 0) is 68.2 Å². The normalized spacial score (nSPS) is 18.6. The summed E-state index contributed by atoms with van der Waals surface area (Å²) in [5, 5.41) is 0. The minimum absolute atomic E-state index is 0.174. The van der Waals surface area contributed by atoms with Gasteiger partial charge in [-0.3, -0.25) is 4.98 Å². The molecule has 1 saturated heterocycles. The van der Waals surface area contributed by atoms with Crippen molar-refractivity contribution in [2.75, 3.05) is 20.1 Å². The molecule has 21 heavy (non-hydrogen) atoms. The fourth-order valence-corrected chi connectivity index (χ4v) is 3.33. The zero-order chi connectivity index (χ0) is 14.7. The van der Waals surface area contributed by atoms with Gasteiger partial charge in [0.15, 0.2) is 0 Å². The highest BCUT2D eigenvalue weighted by atomic mass is 19.1. The molecule has 1 fully saturated rings. The lowest BCUT2D eigenvalue weighted by molar-refractivity contribution is 0.207. The lowest BCUT2D eigenvalue weighted by Gasteiger charge is -2.34. The zero-order valence-corrected chi connectivity index (χ0v) is 12.4. The van der Waals surface area contributed by atoms with Crippen LogP contribution in [0, 0.1) is 11.7 Å². The van der Waals surface area contributed by atoms with E-state index in [1.54, 1.807) is 18.3 Å². The molecule has 0 amide bonds. The molecule has 0 N–H and O–H groups in total. The van der Waals surface area contributed by atoms with Crippen LogP contribution in [0.5, 0.6) is 0 Å². The summed E-state index contributed by atoms with van der Waals surface area (Å²) in [6.45, 7) is 2.26. The van der Waals surface area contributed by atoms with Gasteiger partial charge in [-0.1, -0.05) is 18.2 Å². The molecule has 110 valence electrons. The number of benzene rings is 1. The van der Waals surface area contributed by atoms with Crippen molar-refractivity contribution >= 4 is 0 Å². The van der Waals surface area contributed by atoms with Crippen molar-refractivity contribution in [2.45, 2.75) is 18.8 Å². The van der Waals surface area contributed by atoms with E-state index in [-0.39, 0.29) is 5.82 Å². The van der Waals surface area contributed by atoms with Crippen LogP contribution in [-0.4, -0.2) is 30.0 Å². The van der Waals surface area contributed by atoms with Gasteiger partial charge in [-0.15, -0.1) is 0 Å². The smallest absolute Gasteiger partial charge is 0.123 e. The second-order valence-corrected chi connectivity index (χ2v) is 5.96. The minimum Gasteiger partial charge on any atom is -0.306 e. The van der Waals surface area contributed by atoms with Crippen LogP contribution in [0.2, 0.25) is 0 Å². The molecule has 0 saturated carbocycles. The van der Waals surface area contributed by atoms with Crippen molar-refractivity contribution in [1.29, 1.82) is 0 Å². The van der Waals surface area contributed by atoms with Crippen LogP contribution in [0.1, 0.15) is 29.9 Å². The summed E-state index contributed by atoms with van der Waals surface area (Å²) in [7, 11) is 2.17. The van der Waals surface area contributed by atoms with Crippen LogP contribution in [0.3, 0.4) is 0 Å². The average molecular weight is 284 g/mol. The Bertz CT molecular complexity index is 560. The van der Waals surface area contributed by atoms with Crippen LogP contribution in [0.15, 0.2) is 48.8 Å². The molecular weight excluding hydrogens is 263 g/mol. The number of rotatable bonds is 3. The first-order chi connectivity index (χ1) is 10.2. The van der Waals surface area contributed by atoms with Crippen LogP contribution >= 0.6 is 0 Å². The Kier molecular flexibility index (Phi) is 4.30. The zero-order valence-electron chi connectivity index (χ0n) is 12.4. The van der Waals surface area contributed by atoms with E-state index in [9.17, 15) is 4.39 Å². The van der Waals surface area contributed by atoms with Gasteiger partial charge >= 0.3 is 0 Å². The Hall–Kier alpha value is -1.74. The minimum atomic E-state index is -0.174. The second-order valence-electron chi connectivity index (χ2n) is 5.96. The Labute approximate surface area is 125 Å². The van der Waals surface area contributed by atoms with Gasteiger partial charge in [-0.2, -0.15) is 0 Å². The maximum absolute atomic E-state index is 13.2. The molecule has 2 nitrogen and oxygen atoms in total. The van der Waals surface area contributed by atoms with E-state index in [1.165, 1.54) is 24.0 Å². The summed E-state index contributed by atoms with van der Waals surface area (Å²) in [6.07, 6.45) is 6.10. The van der Waals surface area contributed by atoms with Gasteiger partial charge in [0.2, 0.25) is 0 Å². The van der Waals surface area contributed by atoms with E-state index in [0.29, 0.717) is 11.8 Å². The van der Waals surface area contributed by atoms with Gasteiger partial charge in [0.05, 0.1) is 0 Å². The highest BCUT2D eigenvalue weighted by Crippen LogP contribution is 2.37. The third kappa shape index (κ3) is 3.30. The molecule has 1 aliphatic rings. The number of halogens is 1. The monoisotopic (exact) mass is 284 g/mol. The van der Waals surface area contributed by atoms with Crippen molar-refractivity contribution in [2.24, 2.45) is 5.92 Å². The summed E-state index contributed by atoms with van der Waals surface area (Å²) in [4.78, 5) is 6.65. The maximum atomic E-state index is 13.2. The number of piperidine rings is 1. The Balaban J connectivity index is 1.93. The van der Waals surface area contributed by atoms with Crippen LogP contribution < -0.4 is 0 Å². The van der Waals surface area contributed by atoms with E-state index in [1.807, 2.05) is 24.4 Å². The third-order valence-electron chi connectivity index (χ3n) is 4.51. The van der Waals surface area contributed by atoms with Gasteiger partial charge in [0, 0.05) is 18.3 Å². The molecule has 0 aliphatic carbocycles. The fourth-order valence-electron chi connectivity index (χ4n) is 3.33. The van der Waals surface area contributed by atoms with Crippen molar-refractivity contribution in [1.82, 2.24) is 9.88 Å². The molecule has 2 aromatic rings. The Morgan fingerprint density at radius 1 is 1.10 bits per heavy atom. The molecule has 0 spiro atoms. The molecule has 0 bridgehead atoms. The topological polar surface area (TPSA) is 16.1 Å². The number of aromatic nitrogens is 1. The van der Waals surface area contributed by atoms with Crippen LogP contribution in [-0.2, 0) is 0 Å². The quantitative estimate of drug-likeness (QED) is 0.854. The first kappa shape index (κ1) is 14.2. The number of pyridine rings is 1. The van der Waals surface area contributed by atoms with Crippen molar-refractivity contribution in [3.63, 3.8) is 0 Å². The summed E-state index contributed by atoms with van der Waals surface area (Å²) in [6, 6.07) is 11.1. The van der Waals surface area contributed by atoms with Crippen molar-refractivity contribution in [3.05, 3.63) is 65.7 Å². The summed E-state index contributed by atoms with van der Waals surface area (Å²) < 4.78 is 13.2. The molecule has 3 rings (SSSR count). The number of hydrogen-bond donors (Lipinski definition) is 0. The second kappa shape index (κ2) is 6.35. The van der Waals surface area contributed by atoms with Gasteiger partial charge in [-0.25, -0.2) is 4.39 Å². The summed E-state index contributed by atoms with van der Waals surface area (Å²) in [5.74, 6) is 0.732. The predicted octanol–water partition coefficient (Wildman–Crippen LogP) is 3.69. The molecule has 2 heterocycles. The van der Waals surface area contributed by atoms with Gasteiger partial charge in [0.1, 0.15) is 5.82 Å². The van der Waals surface area contributed by atoms with Crippen LogP contribution in [0.25, 0.3) is 0 Å². The van der Waals surface area contributed by atoms with E-state index >= 15 is 0 Å². The molecule has 1 aliphatic heterocycles. The first-order valence-electron chi connectivity index (χ1n) is 7.58. The largest absolute Gasteiger partial charge is 0.306 e. The highest BCUT2D eigenvalue weighted by Gasteiger charge is 2.28. The van der Waals surface area contributed by atoms with Gasteiger partial charge < -0.3 is 4.90 Å². The maximum Gasteiger partial charge on any atom is 0.123 e. The van der Waals surface area contributed by atoms with E-state index in [2.05, 4.69) is 23.0 Å². The van der Waals surface area contributed by atoms with E-state index < -0.39 is 0 Å². The predicted molar refractivity (Wildman–Crippen MR) is 82.7 cm³/mol. The lowest BCUT2D eigenvalue weighted by Crippen LogP contribution is -2.33. The molecule has 3 heteroatoms. The van der Waals surface area contributed by atoms with Crippen molar-refractivity contribution in [3.8, 4) is 0 Å². The lowest BCUT2D eigenvalue weighted by atomic mass is 9.76. The van der Waals surface area contributed by atoms with Crippen molar-refractivity contribution < 1.29 is 4.39 Å². The van der Waals surface area contributed by atoms with E-state index in [4.69, 9.17) is 0 Å². The first-order valence-corrected chi connectivity index (χ1v) is 7.58. The molecule has 1 aromatic heterocycles. The van der Waals surface area contributed by atoms with Crippen LogP contribution in [0.4, 0.5) is 4.39 Å². The molecule has 1 aromatic carbocycles. The van der Waals surface area contributed by atoms with E-state index in [0.717, 1.165) is 13.1 Å². The molecular formula is C18H21FN2. The standard InChI is InChI=1S/C18H21FN2/c1-21-11-8-15(9-12-21)18(16-3-2-10-20-13-16)14-4-6-17(19)7-5-14/h2-7,10,13,15,18H,8-9,11-12H2,1H3. The van der Waals surface area contributed by atoms with Gasteiger partial charge in [0.25, 0.3) is 0 Å². The Morgan fingerprint density at radius 3 is 2.43 bits per heavy atom. The molecule has 0 radical (unpaired) electrons. The summed E-state index contributed by atoms with van der Waals surface area (Å²) in [5.41, 5.74) is 2.43. The molecule has 1 unspecified atom stereocenters. The number of likely N-dealkylation sites (tertiary alicyclic amines) is 1. The molecule has 1 atom stereocenters. The SMILES string of the molecule is CN1CCC(C(c2ccc(F)cc2)c2cccnc2)CC1. The number of nitrogens with zero attached hydrogens (tertiary/aromatic N) is 2. The third-order valence-corrected chi connectivity index (χ3v) is 4.51. The average Bonchev–Trinajstić information content (AvgIpc) is 2.52. The summed E-state index contributed by atoms with van der Waals surface area (Å²) >= 11 is 0. The fraction of sp³-hybridized carbons (Fsp3) is 0.389. The highest BCUT2D eigenvalue weighted by molar-refractivity contribution is 5.32.